The molecule has 0 aliphatic heterocycles. The molecule has 0 aliphatic rings. The third-order valence-electron chi connectivity index (χ3n) is 5.45. The Bertz CT molecular complexity index is 1510. The first-order valence-corrected chi connectivity index (χ1v) is 10.6. The van der Waals surface area contributed by atoms with Gasteiger partial charge >= 0.3 is 0 Å². The summed E-state index contributed by atoms with van der Waals surface area (Å²) in [6.45, 7) is 8.06. The highest BCUT2D eigenvalue weighted by Gasteiger charge is 2.11. The van der Waals surface area contributed by atoms with E-state index in [-0.39, 0.29) is 16.8 Å². The Balaban J connectivity index is 0.000000363. The van der Waals surface area contributed by atoms with Crippen molar-refractivity contribution in [2.45, 2.75) is 27.7 Å². The standard InChI is InChI=1S/C22H16N2O2.C4H9NO/c1-11-3-5-17-13(7-11)21(25)15-9-20-16(10-19(15)23-17)22(26)14-8-12(2)4-6-18(14)24-20;1-3-5-4(2)6/h3-10H,1-2H3,(H,23,25)(H,24,26);3H2,1-2H3,(H,5,6). The highest BCUT2D eigenvalue weighted by atomic mass is 16.1. The van der Waals surface area contributed by atoms with E-state index in [0.29, 0.717) is 32.6 Å². The molecule has 0 spiro atoms. The summed E-state index contributed by atoms with van der Waals surface area (Å²) in [5.74, 6) is 0.0394. The van der Waals surface area contributed by atoms with Crippen LogP contribution in [0.1, 0.15) is 25.0 Å². The van der Waals surface area contributed by atoms with Gasteiger partial charge in [0.2, 0.25) is 5.91 Å². The SMILES string of the molecule is CCNC(C)=O.Cc1ccc2[nH]c3cc4c(=O)c5cc(C)ccc5[nH]c4cc3c(=O)c2c1. The van der Waals surface area contributed by atoms with Gasteiger partial charge in [-0.2, -0.15) is 0 Å². The summed E-state index contributed by atoms with van der Waals surface area (Å²) in [4.78, 5) is 42.5. The van der Waals surface area contributed by atoms with Gasteiger partial charge in [-0.3, -0.25) is 14.4 Å². The number of aromatic nitrogens is 2. The van der Waals surface area contributed by atoms with Crippen LogP contribution in [-0.2, 0) is 4.79 Å². The summed E-state index contributed by atoms with van der Waals surface area (Å²) in [5, 5.41) is 5.06. The van der Waals surface area contributed by atoms with Crippen LogP contribution in [0.5, 0.6) is 0 Å². The van der Waals surface area contributed by atoms with Gasteiger partial charge in [-0.15, -0.1) is 0 Å². The van der Waals surface area contributed by atoms with E-state index in [0.717, 1.165) is 28.7 Å². The Morgan fingerprint density at radius 1 is 0.719 bits per heavy atom. The zero-order valence-electron chi connectivity index (χ0n) is 18.6. The molecule has 0 unspecified atom stereocenters. The van der Waals surface area contributed by atoms with Crippen molar-refractivity contribution in [2.24, 2.45) is 0 Å². The number of fused-ring (bicyclic) bond motifs is 4. The smallest absolute Gasteiger partial charge is 0.216 e. The van der Waals surface area contributed by atoms with Gasteiger partial charge in [0, 0.05) is 46.0 Å². The molecule has 2 aromatic heterocycles. The molecular weight excluding hydrogens is 402 g/mol. The number of aryl methyl sites for hydroxylation is 2. The van der Waals surface area contributed by atoms with Crippen LogP contribution < -0.4 is 16.2 Å². The molecule has 0 radical (unpaired) electrons. The molecule has 5 aromatic rings. The van der Waals surface area contributed by atoms with Gasteiger partial charge in [-0.05, 0) is 57.2 Å². The lowest BCUT2D eigenvalue weighted by molar-refractivity contribution is -0.118. The molecule has 32 heavy (non-hydrogen) atoms. The van der Waals surface area contributed by atoms with E-state index in [4.69, 9.17) is 0 Å². The maximum atomic E-state index is 13.0. The molecule has 0 bridgehead atoms. The fraction of sp³-hybridized carbons (Fsp3) is 0.192. The number of hydrogen-bond acceptors (Lipinski definition) is 3. The van der Waals surface area contributed by atoms with Gasteiger partial charge in [0.25, 0.3) is 0 Å². The zero-order valence-corrected chi connectivity index (χ0v) is 18.6. The summed E-state index contributed by atoms with van der Waals surface area (Å²) < 4.78 is 0. The van der Waals surface area contributed by atoms with Crippen molar-refractivity contribution in [3.05, 3.63) is 80.1 Å². The van der Waals surface area contributed by atoms with Crippen molar-refractivity contribution in [1.29, 1.82) is 0 Å². The number of carbonyl (C=O) groups is 1. The number of amides is 1. The second kappa shape index (κ2) is 8.30. The number of hydrogen-bond donors (Lipinski definition) is 3. The minimum Gasteiger partial charge on any atom is -0.357 e. The molecule has 0 saturated heterocycles. The Labute approximate surface area is 184 Å². The maximum absolute atomic E-state index is 13.0. The van der Waals surface area contributed by atoms with Crippen LogP contribution in [0.15, 0.2) is 58.1 Å². The summed E-state index contributed by atoms with van der Waals surface area (Å²) in [5.41, 5.74) is 4.94. The fourth-order valence-electron chi connectivity index (χ4n) is 3.92. The maximum Gasteiger partial charge on any atom is 0.216 e. The first kappa shape index (κ1) is 21.3. The van der Waals surface area contributed by atoms with E-state index in [2.05, 4.69) is 15.3 Å². The minimum absolute atomic E-state index is 0.0239. The van der Waals surface area contributed by atoms with Crippen molar-refractivity contribution in [3.8, 4) is 0 Å². The van der Waals surface area contributed by atoms with Crippen LogP contribution in [0.25, 0.3) is 43.6 Å². The molecule has 0 atom stereocenters. The van der Waals surface area contributed by atoms with Gasteiger partial charge in [0.05, 0.1) is 11.0 Å². The van der Waals surface area contributed by atoms with E-state index in [1.54, 1.807) is 12.1 Å². The van der Waals surface area contributed by atoms with Crippen LogP contribution in [0.4, 0.5) is 0 Å². The third-order valence-corrected chi connectivity index (χ3v) is 5.45. The lowest BCUT2D eigenvalue weighted by Gasteiger charge is -2.07. The van der Waals surface area contributed by atoms with E-state index in [1.165, 1.54) is 6.92 Å². The van der Waals surface area contributed by atoms with Crippen LogP contribution in [0, 0.1) is 13.8 Å². The van der Waals surface area contributed by atoms with E-state index in [9.17, 15) is 14.4 Å². The quantitative estimate of drug-likeness (QED) is 0.345. The Hall–Kier alpha value is -3.93. The summed E-state index contributed by atoms with van der Waals surface area (Å²) in [6.07, 6.45) is 0. The molecule has 3 aromatic carbocycles. The van der Waals surface area contributed by atoms with Crippen LogP contribution in [-0.4, -0.2) is 22.4 Å². The lowest BCUT2D eigenvalue weighted by Crippen LogP contribution is -2.18. The molecule has 5 rings (SSSR count). The molecule has 1 amide bonds. The number of H-pyrrole nitrogens is 2. The predicted octanol–water partition coefficient (Wildman–Crippen LogP) is 4.44. The molecule has 6 heteroatoms. The summed E-state index contributed by atoms with van der Waals surface area (Å²) in [7, 11) is 0. The van der Waals surface area contributed by atoms with E-state index >= 15 is 0 Å². The molecule has 2 heterocycles. The minimum atomic E-state index is -0.0239. The van der Waals surface area contributed by atoms with Crippen molar-refractivity contribution in [1.82, 2.24) is 15.3 Å². The first-order chi connectivity index (χ1) is 15.3. The predicted molar refractivity (Wildman–Crippen MR) is 132 cm³/mol. The second-order valence-corrected chi connectivity index (χ2v) is 8.04. The highest BCUT2D eigenvalue weighted by molar-refractivity contribution is 6.02. The van der Waals surface area contributed by atoms with Gasteiger partial charge < -0.3 is 15.3 Å². The number of rotatable bonds is 1. The monoisotopic (exact) mass is 427 g/mol. The molecule has 162 valence electrons. The van der Waals surface area contributed by atoms with Gasteiger partial charge in [-0.25, -0.2) is 0 Å². The average molecular weight is 428 g/mol. The Morgan fingerprint density at radius 2 is 1.12 bits per heavy atom. The van der Waals surface area contributed by atoms with Crippen molar-refractivity contribution >= 4 is 49.5 Å². The second-order valence-electron chi connectivity index (χ2n) is 8.04. The van der Waals surface area contributed by atoms with Crippen molar-refractivity contribution in [2.75, 3.05) is 6.54 Å². The molecule has 0 aliphatic carbocycles. The van der Waals surface area contributed by atoms with Gasteiger partial charge in [-0.1, -0.05) is 23.3 Å². The Kier molecular flexibility index (Phi) is 5.53. The number of aromatic amines is 2. The number of benzene rings is 3. The van der Waals surface area contributed by atoms with E-state index < -0.39 is 0 Å². The molecule has 0 fully saturated rings. The summed E-state index contributed by atoms with van der Waals surface area (Å²) >= 11 is 0. The van der Waals surface area contributed by atoms with Crippen molar-refractivity contribution in [3.63, 3.8) is 0 Å². The number of nitrogens with one attached hydrogen (secondary N) is 3. The molecular formula is C26H25N3O3. The molecule has 0 saturated carbocycles. The first-order valence-electron chi connectivity index (χ1n) is 10.6. The number of pyridine rings is 2. The normalized spacial score (nSPS) is 11.0. The fourth-order valence-corrected chi connectivity index (χ4v) is 3.92. The zero-order chi connectivity index (χ0) is 23.0. The molecule has 3 N–H and O–H groups in total. The average Bonchev–Trinajstić information content (AvgIpc) is 2.75. The van der Waals surface area contributed by atoms with E-state index in [1.807, 2.05) is 57.2 Å². The summed E-state index contributed by atoms with van der Waals surface area (Å²) in [6, 6.07) is 15.1. The lowest BCUT2D eigenvalue weighted by atomic mass is 10.0. The van der Waals surface area contributed by atoms with Crippen molar-refractivity contribution < 1.29 is 4.79 Å². The Morgan fingerprint density at radius 3 is 1.47 bits per heavy atom. The van der Waals surface area contributed by atoms with Crippen LogP contribution in [0.2, 0.25) is 0 Å². The topological polar surface area (TPSA) is 94.8 Å². The van der Waals surface area contributed by atoms with Gasteiger partial charge in [0.15, 0.2) is 10.9 Å². The highest BCUT2D eigenvalue weighted by Crippen LogP contribution is 2.22. The largest absolute Gasteiger partial charge is 0.357 e. The van der Waals surface area contributed by atoms with Crippen LogP contribution >= 0.6 is 0 Å². The van der Waals surface area contributed by atoms with Gasteiger partial charge in [0.1, 0.15) is 0 Å². The number of carbonyl (C=O) groups excluding carboxylic acids is 1. The van der Waals surface area contributed by atoms with Crippen LogP contribution in [0.3, 0.4) is 0 Å². The third kappa shape index (κ3) is 3.87. The molecule has 6 nitrogen and oxygen atoms in total.